The number of rotatable bonds is 1. The van der Waals surface area contributed by atoms with Crippen LogP contribution < -0.4 is 5.32 Å². The van der Waals surface area contributed by atoms with Gasteiger partial charge in [0, 0.05) is 11.9 Å². The van der Waals surface area contributed by atoms with Crippen molar-refractivity contribution in [2.24, 2.45) is 0 Å². The van der Waals surface area contributed by atoms with Crippen molar-refractivity contribution in [3.63, 3.8) is 0 Å². The van der Waals surface area contributed by atoms with Crippen LogP contribution in [0.15, 0.2) is 5.38 Å². The average molecular weight is 184 g/mol. The summed E-state index contributed by atoms with van der Waals surface area (Å²) in [7, 11) is 0. The van der Waals surface area contributed by atoms with E-state index in [9.17, 15) is 0 Å². The van der Waals surface area contributed by atoms with Gasteiger partial charge in [0.2, 0.25) is 0 Å². The minimum atomic E-state index is 0.309. The van der Waals surface area contributed by atoms with Gasteiger partial charge in [-0.05, 0) is 6.92 Å². The number of nitrogens with one attached hydrogen (secondary N) is 1. The zero-order valence-electron chi connectivity index (χ0n) is 7.04. The molecule has 2 rings (SSSR count). The molecule has 0 unspecified atom stereocenters. The fourth-order valence-electron chi connectivity index (χ4n) is 1.30. The van der Waals surface area contributed by atoms with E-state index in [0.717, 1.165) is 30.5 Å². The molecule has 1 atom stereocenters. The van der Waals surface area contributed by atoms with Gasteiger partial charge in [0.1, 0.15) is 0 Å². The molecule has 1 aliphatic rings. The Balaban J connectivity index is 2.08. The summed E-state index contributed by atoms with van der Waals surface area (Å²) < 4.78 is 5.35. The first-order valence-electron chi connectivity index (χ1n) is 4.09. The van der Waals surface area contributed by atoms with Crippen LogP contribution in [-0.4, -0.2) is 24.7 Å². The highest BCUT2D eigenvalue weighted by Crippen LogP contribution is 2.17. The molecule has 2 heterocycles. The van der Waals surface area contributed by atoms with E-state index in [1.165, 1.54) is 0 Å². The minimum Gasteiger partial charge on any atom is -0.378 e. The van der Waals surface area contributed by atoms with Crippen LogP contribution in [0, 0.1) is 6.92 Å². The second-order valence-corrected chi connectivity index (χ2v) is 3.94. The quantitative estimate of drug-likeness (QED) is 0.710. The van der Waals surface area contributed by atoms with Crippen molar-refractivity contribution in [1.82, 2.24) is 10.3 Å². The summed E-state index contributed by atoms with van der Waals surface area (Å²) in [5, 5.41) is 6.59. The van der Waals surface area contributed by atoms with Crippen LogP contribution in [0.5, 0.6) is 0 Å². The normalized spacial score (nSPS) is 24.2. The molecule has 1 aliphatic heterocycles. The molecule has 1 aromatic rings. The lowest BCUT2D eigenvalue weighted by Gasteiger charge is -2.21. The highest BCUT2D eigenvalue weighted by atomic mass is 32.1. The van der Waals surface area contributed by atoms with Gasteiger partial charge in [-0.25, -0.2) is 4.98 Å². The molecule has 3 nitrogen and oxygen atoms in total. The maximum Gasteiger partial charge on any atom is 0.0898 e. The molecule has 66 valence electrons. The Bertz CT molecular complexity index is 255. The summed E-state index contributed by atoms with van der Waals surface area (Å²) in [4.78, 5) is 4.41. The van der Waals surface area contributed by atoms with Gasteiger partial charge in [0.15, 0.2) is 0 Å². The molecule has 0 saturated carbocycles. The van der Waals surface area contributed by atoms with Crippen molar-refractivity contribution in [1.29, 1.82) is 0 Å². The van der Waals surface area contributed by atoms with Crippen LogP contribution >= 0.6 is 11.3 Å². The average Bonchev–Trinajstić information content (AvgIpc) is 2.54. The van der Waals surface area contributed by atoms with Crippen molar-refractivity contribution in [2.45, 2.75) is 13.0 Å². The van der Waals surface area contributed by atoms with Crippen molar-refractivity contribution in [2.75, 3.05) is 19.8 Å². The molecule has 0 aliphatic carbocycles. The molecule has 1 fully saturated rings. The number of hydrogen-bond acceptors (Lipinski definition) is 4. The summed E-state index contributed by atoms with van der Waals surface area (Å²) in [6.45, 7) is 4.53. The molecule has 12 heavy (non-hydrogen) atoms. The molecule has 0 spiro atoms. The topological polar surface area (TPSA) is 34.1 Å². The highest BCUT2D eigenvalue weighted by Gasteiger charge is 2.16. The second kappa shape index (κ2) is 3.51. The van der Waals surface area contributed by atoms with Crippen LogP contribution in [0.4, 0.5) is 0 Å². The zero-order chi connectivity index (χ0) is 8.39. The largest absolute Gasteiger partial charge is 0.378 e. The number of aromatic nitrogens is 1. The number of aryl methyl sites for hydroxylation is 1. The molecule has 1 N–H and O–H groups in total. The monoisotopic (exact) mass is 184 g/mol. The number of thiazole rings is 1. The predicted octanol–water partition coefficient (Wildman–Crippen LogP) is 1.11. The summed E-state index contributed by atoms with van der Waals surface area (Å²) in [5.41, 5.74) is 1.12. The van der Waals surface area contributed by atoms with E-state index >= 15 is 0 Å². The van der Waals surface area contributed by atoms with Gasteiger partial charge in [-0.2, -0.15) is 0 Å². The Morgan fingerprint density at radius 3 is 3.25 bits per heavy atom. The predicted molar refractivity (Wildman–Crippen MR) is 48.4 cm³/mol. The number of morpholine rings is 1. The van der Waals surface area contributed by atoms with Gasteiger partial charge in [0.25, 0.3) is 0 Å². The van der Waals surface area contributed by atoms with Gasteiger partial charge in [-0.3, -0.25) is 0 Å². The third kappa shape index (κ3) is 1.65. The van der Waals surface area contributed by atoms with E-state index in [1.54, 1.807) is 11.3 Å². The van der Waals surface area contributed by atoms with E-state index in [4.69, 9.17) is 4.74 Å². The van der Waals surface area contributed by atoms with Crippen molar-refractivity contribution in [3.8, 4) is 0 Å². The molecular formula is C8H12N2OS. The maximum atomic E-state index is 5.35. The van der Waals surface area contributed by atoms with Gasteiger partial charge >= 0.3 is 0 Å². The van der Waals surface area contributed by atoms with E-state index < -0.39 is 0 Å². The SMILES string of the molecule is Cc1nc([C@H]2COCCN2)cs1. The lowest BCUT2D eigenvalue weighted by molar-refractivity contribution is 0.0758. The zero-order valence-corrected chi connectivity index (χ0v) is 7.86. The Kier molecular flexibility index (Phi) is 2.39. The van der Waals surface area contributed by atoms with Crippen LogP contribution in [0.2, 0.25) is 0 Å². The van der Waals surface area contributed by atoms with Gasteiger partial charge < -0.3 is 10.1 Å². The van der Waals surface area contributed by atoms with E-state index in [0.29, 0.717) is 6.04 Å². The van der Waals surface area contributed by atoms with Crippen molar-refractivity contribution in [3.05, 3.63) is 16.1 Å². The van der Waals surface area contributed by atoms with Crippen LogP contribution in [-0.2, 0) is 4.74 Å². The van der Waals surface area contributed by atoms with Gasteiger partial charge in [-0.15, -0.1) is 11.3 Å². The molecule has 0 aromatic carbocycles. The van der Waals surface area contributed by atoms with E-state index in [-0.39, 0.29) is 0 Å². The summed E-state index contributed by atoms with van der Waals surface area (Å²) in [6.07, 6.45) is 0. The first-order valence-corrected chi connectivity index (χ1v) is 4.97. The fraction of sp³-hybridized carbons (Fsp3) is 0.625. The summed E-state index contributed by atoms with van der Waals surface area (Å²) >= 11 is 1.69. The standard InChI is InChI=1S/C8H12N2OS/c1-6-10-8(5-12-6)7-4-11-3-2-9-7/h5,7,9H,2-4H2,1H3/t7-/m1/s1. The first kappa shape index (κ1) is 8.16. The molecule has 1 saturated heterocycles. The lowest BCUT2D eigenvalue weighted by atomic mass is 10.2. The maximum absolute atomic E-state index is 5.35. The van der Waals surface area contributed by atoms with E-state index in [2.05, 4.69) is 15.7 Å². The molecule has 4 heteroatoms. The smallest absolute Gasteiger partial charge is 0.0898 e. The lowest BCUT2D eigenvalue weighted by Crippen LogP contribution is -2.34. The minimum absolute atomic E-state index is 0.309. The summed E-state index contributed by atoms with van der Waals surface area (Å²) in [5.74, 6) is 0. The highest BCUT2D eigenvalue weighted by molar-refractivity contribution is 7.09. The van der Waals surface area contributed by atoms with Crippen LogP contribution in [0.25, 0.3) is 0 Å². The number of nitrogens with zero attached hydrogens (tertiary/aromatic N) is 1. The Hall–Kier alpha value is -0.450. The van der Waals surface area contributed by atoms with E-state index in [1.807, 2.05) is 6.92 Å². The first-order chi connectivity index (χ1) is 5.86. The fourth-order valence-corrected chi connectivity index (χ4v) is 1.96. The molecule has 0 amide bonds. The summed E-state index contributed by atoms with van der Waals surface area (Å²) in [6, 6.07) is 0.309. The Morgan fingerprint density at radius 2 is 2.67 bits per heavy atom. The molecule has 1 aromatic heterocycles. The molecular weight excluding hydrogens is 172 g/mol. The van der Waals surface area contributed by atoms with Crippen molar-refractivity contribution < 1.29 is 4.74 Å². The number of ether oxygens (including phenoxy) is 1. The Morgan fingerprint density at radius 1 is 1.75 bits per heavy atom. The second-order valence-electron chi connectivity index (χ2n) is 2.87. The van der Waals surface area contributed by atoms with Crippen molar-refractivity contribution >= 4 is 11.3 Å². The third-order valence-corrected chi connectivity index (χ3v) is 2.71. The number of hydrogen-bond donors (Lipinski definition) is 1. The Labute approximate surface area is 75.8 Å². The van der Waals surface area contributed by atoms with Crippen LogP contribution in [0.1, 0.15) is 16.7 Å². The van der Waals surface area contributed by atoms with Crippen LogP contribution in [0.3, 0.4) is 0 Å². The van der Waals surface area contributed by atoms with Gasteiger partial charge in [0.05, 0.1) is 30.0 Å². The molecule has 0 radical (unpaired) electrons. The van der Waals surface area contributed by atoms with Gasteiger partial charge in [-0.1, -0.05) is 0 Å². The molecule has 0 bridgehead atoms. The third-order valence-electron chi connectivity index (χ3n) is 1.92.